The number of hydrogen-bond acceptors (Lipinski definition) is 5. The number of rotatable bonds is 4. The van der Waals surface area contributed by atoms with Crippen LogP contribution >= 0.6 is 11.6 Å². The van der Waals surface area contributed by atoms with Gasteiger partial charge in [0, 0.05) is 10.6 Å². The van der Waals surface area contributed by atoms with Crippen LogP contribution in [0, 0.1) is 5.82 Å². The summed E-state index contributed by atoms with van der Waals surface area (Å²) in [7, 11) is 0. The van der Waals surface area contributed by atoms with E-state index in [1.807, 2.05) is 12.1 Å². The molecule has 0 spiro atoms. The number of nitrogens with zero attached hydrogens (tertiary/aromatic N) is 2. The summed E-state index contributed by atoms with van der Waals surface area (Å²) in [6.07, 6.45) is 2.67. The zero-order valence-electron chi connectivity index (χ0n) is 15.3. The van der Waals surface area contributed by atoms with Crippen LogP contribution in [0.1, 0.15) is 5.56 Å². The maximum atomic E-state index is 13.8. The van der Waals surface area contributed by atoms with Crippen molar-refractivity contribution in [1.29, 1.82) is 0 Å². The van der Waals surface area contributed by atoms with E-state index in [0.29, 0.717) is 16.4 Å². The first-order chi connectivity index (χ1) is 14.0. The predicted molar refractivity (Wildman–Crippen MR) is 109 cm³/mol. The van der Waals surface area contributed by atoms with E-state index in [4.69, 9.17) is 16.3 Å². The monoisotopic (exact) mass is 415 g/mol. The highest BCUT2D eigenvalue weighted by molar-refractivity contribution is 6.30. The van der Waals surface area contributed by atoms with Crippen LogP contribution in [0.4, 0.5) is 10.1 Å². The molecule has 0 aliphatic carbocycles. The predicted octanol–water partition coefficient (Wildman–Crippen LogP) is 2.50. The number of hydrazone groups is 1. The smallest absolute Gasteiger partial charge is 0.249 e. The Hall–Kier alpha value is -2.74. The number of carbonyl (C=O) groups excluding carboxylic acids is 1. The van der Waals surface area contributed by atoms with E-state index in [1.165, 1.54) is 17.1 Å². The van der Waals surface area contributed by atoms with Gasteiger partial charge in [0.15, 0.2) is 0 Å². The van der Waals surface area contributed by atoms with Gasteiger partial charge in [0.25, 0.3) is 0 Å². The van der Waals surface area contributed by atoms with Gasteiger partial charge < -0.3 is 15.2 Å². The number of allylic oxidation sites excluding steroid dienone is 1. The quantitative estimate of drug-likeness (QED) is 0.804. The number of halogens is 2. The molecule has 0 bridgehead atoms. The Morgan fingerprint density at radius 2 is 2.03 bits per heavy atom. The second-order valence-electron chi connectivity index (χ2n) is 6.84. The molecule has 2 aliphatic heterocycles. The molecule has 0 aromatic heterocycles. The van der Waals surface area contributed by atoms with Gasteiger partial charge in [0.2, 0.25) is 5.91 Å². The van der Waals surface area contributed by atoms with Gasteiger partial charge in [0.1, 0.15) is 11.9 Å². The number of aliphatic hydroxyl groups is 1. The van der Waals surface area contributed by atoms with Crippen molar-refractivity contribution < 1.29 is 19.0 Å². The molecule has 0 saturated carbocycles. The van der Waals surface area contributed by atoms with Gasteiger partial charge in [-0.3, -0.25) is 4.79 Å². The van der Waals surface area contributed by atoms with Crippen molar-refractivity contribution in [2.75, 3.05) is 18.2 Å². The van der Waals surface area contributed by atoms with E-state index < -0.39 is 24.0 Å². The lowest BCUT2D eigenvalue weighted by atomic mass is 10.1. The first kappa shape index (κ1) is 19.6. The van der Waals surface area contributed by atoms with Crippen LogP contribution in [-0.2, 0) is 9.53 Å². The number of aliphatic hydroxyl groups excluding tert-OH is 1. The van der Waals surface area contributed by atoms with Crippen LogP contribution in [0.2, 0.25) is 5.02 Å². The molecule has 1 unspecified atom stereocenters. The van der Waals surface area contributed by atoms with Gasteiger partial charge in [-0.05, 0) is 42.5 Å². The highest BCUT2D eigenvalue weighted by Crippen LogP contribution is 2.24. The Kier molecular flexibility index (Phi) is 5.62. The lowest BCUT2D eigenvalue weighted by Crippen LogP contribution is -2.51. The Morgan fingerprint density at radius 3 is 2.72 bits per heavy atom. The number of ether oxygens (including phenoxy) is 1. The fourth-order valence-electron chi connectivity index (χ4n) is 3.23. The summed E-state index contributed by atoms with van der Waals surface area (Å²) in [4.78, 5) is 12.9. The van der Waals surface area contributed by atoms with E-state index >= 15 is 0 Å². The molecule has 1 saturated heterocycles. The molecule has 2 N–H and O–H groups in total. The second kappa shape index (κ2) is 8.32. The Morgan fingerprint density at radius 1 is 1.24 bits per heavy atom. The molecule has 1 fully saturated rings. The molecule has 29 heavy (non-hydrogen) atoms. The van der Waals surface area contributed by atoms with Crippen LogP contribution in [0.5, 0.6) is 0 Å². The summed E-state index contributed by atoms with van der Waals surface area (Å²) < 4.78 is 19.0. The minimum Gasteiger partial charge on any atom is -0.388 e. The summed E-state index contributed by atoms with van der Waals surface area (Å²) >= 11 is 5.96. The number of benzene rings is 2. The average molecular weight is 416 g/mol. The summed E-state index contributed by atoms with van der Waals surface area (Å²) in [6.45, 7) is 0.417. The molecule has 1 amide bonds. The number of carbonyl (C=O) groups is 1. The molecular weight excluding hydrogens is 397 g/mol. The highest BCUT2D eigenvalue weighted by Gasteiger charge is 2.33. The summed E-state index contributed by atoms with van der Waals surface area (Å²) in [5.41, 5.74) is 1.86. The van der Waals surface area contributed by atoms with E-state index in [0.717, 1.165) is 5.56 Å². The van der Waals surface area contributed by atoms with Crippen molar-refractivity contribution in [3.8, 4) is 0 Å². The van der Waals surface area contributed by atoms with Crippen LogP contribution in [-0.4, -0.2) is 48.1 Å². The number of anilines is 1. The molecule has 4 rings (SSSR count). The summed E-state index contributed by atoms with van der Waals surface area (Å²) in [6, 6.07) is 11.7. The molecular formula is C21H19ClFN3O3. The van der Waals surface area contributed by atoms with Crippen molar-refractivity contribution in [2.45, 2.75) is 18.2 Å². The zero-order chi connectivity index (χ0) is 20.4. The van der Waals surface area contributed by atoms with Crippen LogP contribution in [0.25, 0.3) is 0 Å². The van der Waals surface area contributed by atoms with Gasteiger partial charge in [-0.15, -0.1) is 0 Å². The first-order valence-electron chi connectivity index (χ1n) is 9.15. The zero-order valence-corrected chi connectivity index (χ0v) is 16.1. The molecule has 2 aromatic carbocycles. The SMILES string of the molecule is O=C(N[C@H]1COC[C@H]1O)C1C=CC(c2ccc(Cl)cc2)=NN1c1cccc(F)c1. The maximum absolute atomic E-state index is 13.8. The molecule has 2 aromatic rings. The van der Waals surface area contributed by atoms with Crippen molar-refractivity contribution in [3.05, 3.63) is 77.1 Å². The van der Waals surface area contributed by atoms with Crippen molar-refractivity contribution in [1.82, 2.24) is 5.32 Å². The van der Waals surface area contributed by atoms with Gasteiger partial charge in [-0.2, -0.15) is 5.10 Å². The van der Waals surface area contributed by atoms with E-state index in [2.05, 4.69) is 10.4 Å². The molecule has 150 valence electrons. The van der Waals surface area contributed by atoms with Gasteiger partial charge >= 0.3 is 0 Å². The second-order valence-corrected chi connectivity index (χ2v) is 7.28. The van der Waals surface area contributed by atoms with E-state index in [-0.39, 0.29) is 19.1 Å². The molecule has 2 heterocycles. The first-order valence-corrected chi connectivity index (χ1v) is 9.53. The molecule has 3 atom stereocenters. The molecule has 0 radical (unpaired) electrons. The fourth-order valence-corrected chi connectivity index (χ4v) is 3.36. The lowest BCUT2D eigenvalue weighted by molar-refractivity contribution is -0.122. The third-order valence-electron chi connectivity index (χ3n) is 4.77. The van der Waals surface area contributed by atoms with Crippen LogP contribution < -0.4 is 10.3 Å². The fraction of sp³-hybridized carbons (Fsp3) is 0.238. The minimum absolute atomic E-state index is 0.179. The Balaban J connectivity index is 1.65. The van der Waals surface area contributed by atoms with E-state index in [9.17, 15) is 14.3 Å². The third kappa shape index (κ3) is 4.32. The Bertz CT molecular complexity index is 964. The van der Waals surface area contributed by atoms with Gasteiger partial charge in [-0.25, -0.2) is 9.40 Å². The summed E-state index contributed by atoms with van der Waals surface area (Å²) in [5, 5.41) is 19.4. The topological polar surface area (TPSA) is 74.2 Å². The highest BCUT2D eigenvalue weighted by atomic mass is 35.5. The molecule has 2 aliphatic rings. The van der Waals surface area contributed by atoms with Crippen molar-refractivity contribution in [3.63, 3.8) is 0 Å². The third-order valence-corrected chi connectivity index (χ3v) is 5.03. The molecule has 6 nitrogen and oxygen atoms in total. The summed E-state index contributed by atoms with van der Waals surface area (Å²) in [5.74, 6) is -0.793. The maximum Gasteiger partial charge on any atom is 0.249 e. The Labute approximate surface area is 172 Å². The van der Waals surface area contributed by atoms with Gasteiger partial charge in [-0.1, -0.05) is 29.8 Å². The van der Waals surface area contributed by atoms with Crippen molar-refractivity contribution >= 4 is 28.9 Å². The molecule has 8 heteroatoms. The van der Waals surface area contributed by atoms with Crippen molar-refractivity contribution in [2.24, 2.45) is 5.10 Å². The van der Waals surface area contributed by atoms with Crippen LogP contribution in [0.3, 0.4) is 0 Å². The number of nitrogens with one attached hydrogen (secondary N) is 1. The van der Waals surface area contributed by atoms with Crippen LogP contribution in [0.15, 0.2) is 65.8 Å². The minimum atomic E-state index is -0.805. The average Bonchev–Trinajstić information content (AvgIpc) is 3.12. The number of amides is 1. The normalized spacial score (nSPS) is 23.8. The lowest BCUT2D eigenvalue weighted by Gasteiger charge is -2.30. The standard InChI is InChI=1S/C21H19ClFN3O3/c22-14-6-4-13(5-7-14)17-8-9-19(21(28)24-18-11-29-12-20(18)27)26(25-17)16-3-1-2-15(23)10-16/h1-10,18-20,27H,11-12H2,(H,24,28)/t18-,19?,20+/m0/s1. The van der Waals surface area contributed by atoms with Gasteiger partial charge in [0.05, 0.1) is 36.8 Å². The number of hydrogen-bond donors (Lipinski definition) is 2. The largest absolute Gasteiger partial charge is 0.388 e. The van der Waals surface area contributed by atoms with E-state index in [1.54, 1.807) is 36.4 Å².